The molecule has 0 aliphatic carbocycles. The van der Waals surface area contributed by atoms with Crippen LogP contribution in [0.2, 0.25) is 0 Å². The molecule has 0 saturated heterocycles. The molecule has 0 spiro atoms. The van der Waals surface area contributed by atoms with E-state index in [1.807, 2.05) is 0 Å². The van der Waals surface area contributed by atoms with Crippen LogP contribution in [0.4, 0.5) is 10.1 Å². The second-order valence-corrected chi connectivity index (χ2v) is 7.39. The van der Waals surface area contributed by atoms with Crippen LogP contribution < -0.4 is 4.90 Å². The number of nitrogens with zero attached hydrogens (tertiary/aromatic N) is 1. The van der Waals surface area contributed by atoms with Crippen molar-refractivity contribution in [2.45, 2.75) is 6.04 Å². The van der Waals surface area contributed by atoms with Gasteiger partial charge in [0.2, 0.25) is 5.78 Å². The number of aliphatic hydroxyl groups is 1. The van der Waals surface area contributed by atoms with E-state index in [1.54, 1.807) is 36.4 Å². The fraction of sp³-hybridized carbons (Fsp3) is 0.0400. The number of fused-ring (bicyclic) bond motifs is 1. The summed E-state index contributed by atoms with van der Waals surface area (Å²) in [5.41, 5.74) is 0.786. The number of aliphatic hydroxyl groups excluding tert-OH is 1. The monoisotopic (exact) mass is 429 g/mol. The lowest BCUT2D eigenvalue weighted by molar-refractivity contribution is -0.117. The number of hydrogen-bond acceptors (Lipinski definition) is 5. The van der Waals surface area contributed by atoms with Crippen LogP contribution in [0.25, 0.3) is 11.0 Å². The third kappa shape index (κ3) is 3.11. The Morgan fingerprint density at radius 3 is 2.47 bits per heavy atom. The van der Waals surface area contributed by atoms with E-state index in [9.17, 15) is 24.2 Å². The van der Waals surface area contributed by atoms with Gasteiger partial charge in [-0.3, -0.25) is 14.5 Å². The fourth-order valence-corrected chi connectivity index (χ4v) is 3.97. The van der Waals surface area contributed by atoms with Gasteiger partial charge in [-0.1, -0.05) is 36.4 Å². The molecule has 0 radical (unpaired) electrons. The number of amides is 1. The third-order valence-corrected chi connectivity index (χ3v) is 5.37. The van der Waals surface area contributed by atoms with Gasteiger partial charge >= 0.3 is 0 Å². The molecule has 1 amide bonds. The zero-order valence-corrected chi connectivity index (χ0v) is 16.5. The molecule has 158 valence electrons. The van der Waals surface area contributed by atoms with Crippen LogP contribution in [0.1, 0.15) is 22.2 Å². The number of carbonyl (C=O) groups excluding carboxylic acids is 2. The third-order valence-electron chi connectivity index (χ3n) is 5.37. The van der Waals surface area contributed by atoms with E-state index in [2.05, 4.69) is 0 Å². The van der Waals surface area contributed by atoms with Crippen LogP contribution in [0, 0.1) is 5.82 Å². The Kier molecular flexibility index (Phi) is 4.52. The van der Waals surface area contributed by atoms with Crippen LogP contribution in [0.5, 0.6) is 5.75 Å². The average Bonchev–Trinajstić information content (AvgIpc) is 3.33. The normalized spacial score (nSPS) is 16.2. The van der Waals surface area contributed by atoms with Crippen molar-refractivity contribution in [1.82, 2.24) is 0 Å². The van der Waals surface area contributed by atoms with Gasteiger partial charge in [0.05, 0.1) is 11.6 Å². The highest BCUT2D eigenvalue weighted by molar-refractivity contribution is 6.20. The molecule has 0 saturated carbocycles. The SMILES string of the molecule is O=C(C1=C(O)C(=O)N(c2cccc(F)c2)C1c1cccc(O)c1)c1cc2ccccc2o1. The van der Waals surface area contributed by atoms with Crippen LogP contribution in [-0.4, -0.2) is 21.9 Å². The summed E-state index contributed by atoms with van der Waals surface area (Å²) in [6.07, 6.45) is 0. The van der Waals surface area contributed by atoms with Gasteiger partial charge in [0, 0.05) is 11.1 Å². The van der Waals surface area contributed by atoms with E-state index < -0.39 is 29.3 Å². The van der Waals surface area contributed by atoms with Crippen LogP contribution in [-0.2, 0) is 4.79 Å². The first-order valence-electron chi connectivity index (χ1n) is 9.78. The molecule has 0 fully saturated rings. The second-order valence-electron chi connectivity index (χ2n) is 7.39. The lowest BCUT2D eigenvalue weighted by Crippen LogP contribution is -2.31. The number of para-hydroxylation sites is 1. The lowest BCUT2D eigenvalue weighted by Gasteiger charge is -2.26. The standard InChI is InChI=1S/C25H16FNO5/c26-16-7-4-8-17(13-16)27-22(15-6-3-9-18(28)11-15)21(24(30)25(27)31)23(29)20-12-14-5-1-2-10-19(14)32-20/h1-13,22,28,30H. The van der Waals surface area contributed by atoms with Crippen molar-refractivity contribution in [3.05, 3.63) is 107 Å². The minimum atomic E-state index is -1.10. The highest BCUT2D eigenvalue weighted by Gasteiger charge is 2.45. The van der Waals surface area contributed by atoms with E-state index in [0.29, 0.717) is 16.5 Å². The highest BCUT2D eigenvalue weighted by atomic mass is 19.1. The first kappa shape index (κ1) is 19.6. The van der Waals surface area contributed by atoms with Gasteiger partial charge in [-0.05, 0) is 48.0 Å². The van der Waals surface area contributed by atoms with Crippen LogP contribution in [0.15, 0.2) is 94.6 Å². The Morgan fingerprint density at radius 1 is 0.938 bits per heavy atom. The van der Waals surface area contributed by atoms with Gasteiger partial charge in [0.25, 0.3) is 5.91 Å². The van der Waals surface area contributed by atoms with Crippen molar-refractivity contribution in [3.63, 3.8) is 0 Å². The summed E-state index contributed by atoms with van der Waals surface area (Å²) in [6.45, 7) is 0. The number of anilines is 1. The number of ketones is 1. The number of furan rings is 1. The maximum absolute atomic E-state index is 13.9. The molecule has 1 aromatic heterocycles. The van der Waals surface area contributed by atoms with Crippen molar-refractivity contribution < 1.29 is 28.6 Å². The van der Waals surface area contributed by atoms with Crippen molar-refractivity contribution >= 4 is 28.3 Å². The topological polar surface area (TPSA) is 91.0 Å². The molecule has 1 unspecified atom stereocenters. The molecule has 1 aliphatic heterocycles. The van der Waals surface area contributed by atoms with E-state index in [0.717, 1.165) is 11.0 Å². The van der Waals surface area contributed by atoms with E-state index in [-0.39, 0.29) is 22.8 Å². The van der Waals surface area contributed by atoms with Crippen molar-refractivity contribution in [1.29, 1.82) is 0 Å². The number of hydrogen-bond donors (Lipinski definition) is 2. The predicted octanol–water partition coefficient (Wildman–Crippen LogP) is 5.06. The van der Waals surface area contributed by atoms with Crippen LogP contribution in [0.3, 0.4) is 0 Å². The number of Topliss-reactive ketones (excluding diaryl/α,β-unsaturated/α-hetero) is 1. The minimum absolute atomic E-state index is 0.0493. The Morgan fingerprint density at radius 2 is 1.72 bits per heavy atom. The zero-order chi connectivity index (χ0) is 22.4. The Labute approximate surface area is 181 Å². The first-order valence-corrected chi connectivity index (χ1v) is 9.78. The van der Waals surface area contributed by atoms with Gasteiger partial charge in [-0.15, -0.1) is 0 Å². The number of rotatable bonds is 4. The van der Waals surface area contributed by atoms with Crippen LogP contribution >= 0.6 is 0 Å². The summed E-state index contributed by atoms with van der Waals surface area (Å²) >= 11 is 0. The summed E-state index contributed by atoms with van der Waals surface area (Å²) in [5.74, 6) is -3.01. The molecule has 2 heterocycles. The smallest absolute Gasteiger partial charge is 0.294 e. The minimum Gasteiger partial charge on any atom is -0.508 e. The number of carbonyl (C=O) groups is 2. The Balaban J connectivity index is 1.68. The molecule has 5 rings (SSSR count). The van der Waals surface area contributed by atoms with Gasteiger partial charge in [-0.25, -0.2) is 4.39 Å². The number of aromatic hydroxyl groups is 1. The Hall–Kier alpha value is -4.39. The van der Waals surface area contributed by atoms with Gasteiger partial charge in [-0.2, -0.15) is 0 Å². The molecular weight excluding hydrogens is 413 g/mol. The van der Waals surface area contributed by atoms with Gasteiger partial charge in [0.1, 0.15) is 17.1 Å². The highest BCUT2D eigenvalue weighted by Crippen LogP contribution is 2.43. The maximum Gasteiger partial charge on any atom is 0.294 e. The fourth-order valence-electron chi connectivity index (χ4n) is 3.97. The largest absolute Gasteiger partial charge is 0.508 e. The summed E-state index contributed by atoms with van der Waals surface area (Å²) in [5, 5.41) is 21.4. The number of phenols is 1. The van der Waals surface area contributed by atoms with Gasteiger partial charge < -0.3 is 14.6 Å². The van der Waals surface area contributed by atoms with Crippen molar-refractivity contribution in [3.8, 4) is 5.75 Å². The second kappa shape index (κ2) is 7.39. The maximum atomic E-state index is 13.9. The first-order chi connectivity index (χ1) is 15.4. The van der Waals surface area contributed by atoms with Crippen molar-refractivity contribution in [2.75, 3.05) is 4.90 Å². The molecular formula is C25H16FNO5. The summed E-state index contributed by atoms with van der Waals surface area (Å²) < 4.78 is 19.6. The molecule has 1 aliphatic rings. The van der Waals surface area contributed by atoms with E-state index in [4.69, 9.17) is 4.42 Å². The number of benzene rings is 3. The summed E-state index contributed by atoms with van der Waals surface area (Å²) in [4.78, 5) is 27.6. The molecule has 3 aromatic carbocycles. The molecule has 4 aromatic rings. The number of phenolic OH excluding ortho intramolecular Hbond substituents is 1. The lowest BCUT2D eigenvalue weighted by atomic mass is 9.94. The van der Waals surface area contributed by atoms with Gasteiger partial charge in [0.15, 0.2) is 11.5 Å². The predicted molar refractivity (Wildman–Crippen MR) is 115 cm³/mol. The van der Waals surface area contributed by atoms with E-state index in [1.165, 1.54) is 36.4 Å². The molecule has 32 heavy (non-hydrogen) atoms. The average molecular weight is 429 g/mol. The molecule has 6 nitrogen and oxygen atoms in total. The quantitative estimate of drug-likeness (QED) is 0.443. The molecule has 2 N–H and O–H groups in total. The zero-order valence-electron chi connectivity index (χ0n) is 16.5. The molecule has 7 heteroatoms. The molecule has 1 atom stereocenters. The summed E-state index contributed by atoms with van der Waals surface area (Å²) in [7, 11) is 0. The van der Waals surface area contributed by atoms with E-state index >= 15 is 0 Å². The van der Waals surface area contributed by atoms with Crippen molar-refractivity contribution in [2.24, 2.45) is 0 Å². The molecule has 0 bridgehead atoms. The number of halogens is 1. The summed E-state index contributed by atoms with van der Waals surface area (Å²) in [6, 6.07) is 18.7. The Bertz CT molecular complexity index is 1390.